The van der Waals surface area contributed by atoms with Crippen molar-refractivity contribution in [3.63, 3.8) is 0 Å². The van der Waals surface area contributed by atoms with Gasteiger partial charge in [0.25, 0.3) is 5.91 Å². The van der Waals surface area contributed by atoms with E-state index in [9.17, 15) is 9.59 Å². The lowest BCUT2D eigenvalue weighted by atomic mass is 10.0. The molecule has 2 rings (SSSR count). The number of nitrogens with one attached hydrogen (secondary N) is 2. The highest BCUT2D eigenvalue weighted by Gasteiger charge is 2.26. The molecule has 1 heterocycles. The summed E-state index contributed by atoms with van der Waals surface area (Å²) in [6.45, 7) is 4.65. The Kier molecular flexibility index (Phi) is 6.59. The van der Waals surface area contributed by atoms with Gasteiger partial charge in [0.2, 0.25) is 5.91 Å². The molecule has 2 amide bonds. The minimum Gasteiger partial charge on any atom is -0.355 e. The van der Waals surface area contributed by atoms with Gasteiger partial charge in [-0.2, -0.15) is 0 Å². The molecule has 0 aliphatic carbocycles. The molecule has 5 nitrogen and oxygen atoms in total. The van der Waals surface area contributed by atoms with E-state index in [1.807, 2.05) is 18.2 Å². The first-order chi connectivity index (χ1) is 11.2. The van der Waals surface area contributed by atoms with Gasteiger partial charge in [0.05, 0.1) is 6.04 Å². The Hall–Kier alpha value is -1.88. The Morgan fingerprint density at radius 3 is 2.87 bits per heavy atom. The number of carbonyl (C=O) groups is 2. The van der Waals surface area contributed by atoms with Gasteiger partial charge in [-0.1, -0.05) is 25.5 Å². The highest BCUT2D eigenvalue weighted by Crippen LogP contribution is 2.16. The van der Waals surface area contributed by atoms with Crippen LogP contribution in [0, 0.1) is 0 Å². The van der Waals surface area contributed by atoms with Crippen LogP contribution in [0.2, 0.25) is 0 Å². The van der Waals surface area contributed by atoms with Crippen LogP contribution in [0.3, 0.4) is 0 Å². The molecule has 2 N–H and O–H groups in total. The Bertz CT molecular complexity index is 545. The molecule has 0 bridgehead atoms. The SMILES string of the molecule is CCN1CCCCC1C(=O)NCCc1cccc(C(=O)NC)c1. The fourth-order valence-corrected chi connectivity index (χ4v) is 3.13. The summed E-state index contributed by atoms with van der Waals surface area (Å²) in [6, 6.07) is 7.55. The average Bonchev–Trinajstić information content (AvgIpc) is 2.61. The fourth-order valence-electron chi connectivity index (χ4n) is 3.13. The Balaban J connectivity index is 1.84. The van der Waals surface area contributed by atoms with E-state index in [0.717, 1.165) is 37.9 Å². The van der Waals surface area contributed by atoms with Gasteiger partial charge in [0, 0.05) is 19.2 Å². The van der Waals surface area contributed by atoms with E-state index >= 15 is 0 Å². The normalized spacial score (nSPS) is 18.4. The lowest BCUT2D eigenvalue weighted by Gasteiger charge is -2.33. The summed E-state index contributed by atoms with van der Waals surface area (Å²) in [4.78, 5) is 26.3. The standard InChI is InChI=1S/C18H27N3O2/c1-3-21-12-5-4-9-16(21)18(23)20-11-10-14-7-6-8-15(13-14)17(22)19-2/h6-8,13,16H,3-5,9-12H2,1-2H3,(H,19,22)(H,20,23). The maximum absolute atomic E-state index is 12.4. The number of benzene rings is 1. The second-order valence-corrected chi connectivity index (χ2v) is 5.96. The Labute approximate surface area is 138 Å². The van der Waals surface area contributed by atoms with E-state index in [0.29, 0.717) is 12.1 Å². The van der Waals surface area contributed by atoms with Gasteiger partial charge < -0.3 is 10.6 Å². The van der Waals surface area contributed by atoms with Crippen LogP contribution in [0.15, 0.2) is 24.3 Å². The lowest BCUT2D eigenvalue weighted by molar-refractivity contribution is -0.127. The van der Waals surface area contributed by atoms with Gasteiger partial charge in [-0.25, -0.2) is 0 Å². The molecule has 1 unspecified atom stereocenters. The van der Waals surface area contributed by atoms with Crippen LogP contribution in [0.4, 0.5) is 0 Å². The molecule has 1 atom stereocenters. The molecule has 0 saturated carbocycles. The summed E-state index contributed by atoms with van der Waals surface area (Å²) in [6.07, 6.45) is 3.99. The molecule has 1 aliphatic heterocycles. The maximum atomic E-state index is 12.4. The van der Waals surface area contributed by atoms with Gasteiger partial charge in [0.1, 0.15) is 0 Å². The van der Waals surface area contributed by atoms with Crippen molar-refractivity contribution in [2.75, 3.05) is 26.7 Å². The first-order valence-corrected chi connectivity index (χ1v) is 8.48. The zero-order chi connectivity index (χ0) is 16.7. The largest absolute Gasteiger partial charge is 0.355 e. The van der Waals surface area contributed by atoms with E-state index in [2.05, 4.69) is 22.5 Å². The van der Waals surface area contributed by atoms with Crippen molar-refractivity contribution in [3.8, 4) is 0 Å². The van der Waals surface area contributed by atoms with Gasteiger partial charge in [-0.3, -0.25) is 14.5 Å². The number of likely N-dealkylation sites (N-methyl/N-ethyl adjacent to an activating group) is 1. The maximum Gasteiger partial charge on any atom is 0.251 e. The van der Waals surface area contributed by atoms with Crippen molar-refractivity contribution < 1.29 is 9.59 Å². The summed E-state index contributed by atoms with van der Waals surface area (Å²) >= 11 is 0. The molecule has 1 aliphatic rings. The van der Waals surface area contributed by atoms with Gasteiger partial charge in [-0.15, -0.1) is 0 Å². The lowest BCUT2D eigenvalue weighted by Crippen LogP contribution is -2.49. The van der Waals surface area contributed by atoms with Crippen LogP contribution in [0.1, 0.15) is 42.1 Å². The number of amides is 2. The quantitative estimate of drug-likeness (QED) is 0.837. The number of hydrogen-bond acceptors (Lipinski definition) is 3. The van der Waals surface area contributed by atoms with E-state index in [-0.39, 0.29) is 17.9 Å². The van der Waals surface area contributed by atoms with E-state index in [4.69, 9.17) is 0 Å². The van der Waals surface area contributed by atoms with Crippen LogP contribution in [-0.4, -0.2) is 49.4 Å². The van der Waals surface area contributed by atoms with Crippen molar-refractivity contribution in [1.29, 1.82) is 0 Å². The second-order valence-electron chi connectivity index (χ2n) is 5.96. The van der Waals surface area contributed by atoms with Crippen molar-refractivity contribution in [2.24, 2.45) is 0 Å². The van der Waals surface area contributed by atoms with Crippen LogP contribution in [-0.2, 0) is 11.2 Å². The minimum atomic E-state index is -0.0864. The molecule has 1 fully saturated rings. The summed E-state index contributed by atoms with van der Waals surface area (Å²) < 4.78 is 0. The molecular formula is C18H27N3O2. The summed E-state index contributed by atoms with van der Waals surface area (Å²) in [5.74, 6) is 0.0469. The number of carbonyl (C=O) groups excluding carboxylic acids is 2. The third-order valence-electron chi connectivity index (χ3n) is 4.45. The van der Waals surface area contributed by atoms with Crippen LogP contribution >= 0.6 is 0 Å². The molecular weight excluding hydrogens is 290 g/mol. The van der Waals surface area contributed by atoms with Crippen LogP contribution < -0.4 is 10.6 Å². The van der Waals surface area contributed by atoms with Crippen LogP contribution in [0.25, 0.3) is 0 Å². The first kappa shape index (κ1) is 17.5. The first-order valence-electron chi connectivity index (χ1n) is 8.48. The Morgan fingerprint density at radius 1 is 1.30 bits per heavy atom. The van der Waals surface area contributed by atoms with E-state index in [1.54, 1.807) is 13.1 Å². The molecule has 1 saturated heterocycles. The number of nitrogens with zero attached hydrogens (tertiary/aromatic N) is 1. The second kappa shape index (κ2) is 8.67. The molecule has 0 spiro atoms. The highest BCUT2D eigenvalue weighted by molar-refractivity contribution is 5.94. The average molecular weight is 317 g/mol. The van der Waals surface area contributed by atoms with Crippen molar-refractivity contribution in [2.45, 2.75) is 38.6 Å². The summed E-state index contributed by atoms with van der Waals surface area (Å²) in [5, 5.41) is 5.67. The van der Waals surface area contributed by atoms with E-state index in [1.165, 1.54) is 6.42 Å². The highest BCUT2D eigenvalue weighted by atomic mass is 16.2. The van der Waals surface area contributed by atoms with Crippen molar-refractivity contribution >= 4 is 11.8 Å². The smallest absolute Gasteiger partial charge is 0.251 e. The van der Waals surface area contributed by atoms with Crippen LogP contribution in [0.5, 0.6) is 0 Å². The monoisotopic (exact) mass is 317 g/mol. The van der Waals surface area contributed by atoms with Gasteiger partial charge >= 0.3 is 0 Å². The number of piperidine rings is 1. The predicted molar refractivity (Wildman–Crippen MR) is 91.4 cm³/mol. The molecule has 0 radical (unpaired) electrons. The zero-order valence-electron chi connectivity index (χ0n) is 14.1. The number of likely N-dealkylation sites (tertiary alicyclic amines) is 1. The fraction of sp³-hybridized carbons (Fsp3) is 0.556. The number of hydrogen-bond donors (Lipinski definition) is 2. The van der Waals surface area contributed by atoms with Gasteiger partial charge in [0.15, 0.2) is 0 Å². The van der Waals surface area contributed by atoms with Gasteiger partial charge in [-0.05, 0) is 50.0 Å². The van der Waals surface area contributed by atoms with Crippen molar-refractivity contribution in [1.82, 2.24) is 15.5 Å². The molecule has 126 valence electrons. The molecule has 1 aromatic rings. The zero-order valence-corrected chi connectivity index (χ0v) is 14.1. The summed E-state index contributed by atoms with van der Waals surface area (Å²) in [7, 11) is 1.62. The third kappa shape index (κ3) is 4.79. The minimum absolute atomic E-state index is 0.0194. The summed E-state index contributed by atoms with van der Waals surface area (Å²) in [5.41, 5.74) is 1.71. The number of rotatable bonds is 6. The third-order valence-corrected chi connectivity index (χ3v) is 4.45. The van der Waals surface area contributed by atoms with E-state index < -0.39 is 0 Å². The Morgan fingerprint density at radius 2 is 2.13 bits per heavy atom. The molecule has 1 aromatic carbocycles. The molecule has 5 heteroatoms. The predicted octanol–water partition coefficient (Wildman–Crippen LogP) is 1.58. The molecule has 23 heavy (non-hydrogen) atoms. The topological polar surface area (TPSA) is 61.4 Å². The molecule has 0 aromatic heterocycles. The van der Waals surface area contributed by atoms with Crippen molar-refractivity contribution in [3.05, 3.63) is 35.4 Å².